The number of hydrogen-bond donors (Lipinski definition) is 2. The Balaban J connectivity index is 1.51. The molecule has 0 spiro atoms. The van der Waals surface area contributed by atoms with Gasteiger partial charge < -0.3 is 19.6 Å². The number of phenolic OH excluding ortho intramolecular Hbond substituents is 1. The summed E-state index contributed by atoms with van der Waals surface area (Å²) in [5.41, 5.74) is 1.17. The van der Waals surface area contributed by atoms with Crippen molar-refractivity contribution >= 4 is 5.91 Å². The van der Waals surface area contributed by atoms with Crippen molar-refractivity contribution in [2.45, 2.75) is 39.2 Å². The van der Waals surface area contributed by atoms with E-state index in [1.54, 1.807) is 13.2 Å². The molecule has 1 atom stereocenters. The maximum absolute atomic E-state index is 12.8. The molecule has 1 aromatic rings. The summed E-state index contributed by atoms with van der Waals surface area (Å²) < 4.78 is 5.19. The number of piperidine rings is 2. The normalized spacial score (nSPS) is 27.1. The fraction of sp³-hybridized carbons (Fsp3) is 0.650. The quantitative estimate of drug-likeness (QED) is 0.867. The van der Waals surface area contributed by atoms with Crippen LogP contribution >= 0.6 is 0 Å². The zero-order valence-corrected chi connectivity index (χ0v) is 15.5. The summed E-state index contributed by atoms with van der Waals surface area (Å²) in [7, 11) is 1.57. The molecule has 0 aromatic heterocycles. The van der Waals surface area contributed by atoms with E-state index in [9.17, 15) is 9.90 Å². The lowest BCUT2D eigenvalue weighted by atomic mass is 9.92. The monoisotopic (exact) mass is 347 g/mol. The zero-order valence-electron chi connectivity index (χ0n) is 15.5. The predicted octanol–water partition coefficient (Wildman–Crippen LogP) is 1.45. The first-order valence-corrected chi connectivity index (χ1v) is 9.55. The molecule has 1 aromatic carbocycles. The Morgan fingerprint density at radius 1 is 1.32 bits per heavy atom. The highest BCUT2D eigenvalue weighted by Crippen LogP contribution is 2.26. The standard InChI is InChI=1S/C20H30N2O3/c1-15-4-3-9-22(13-15)20(24)17-7-10-21(11-8-17)14-16-5-6-18(23)19(12-16)25-2/h5-6,12,15,17,23H,3-4,7-11,13-14H2,1-2H3/p+1/t15-/m0/s1. The predicted molar refractivity (Wildman–Crippen MR) is 96.8 cm³/mol. The fourth-order valence-electron chi connectivity index (χ4n) is 4.22. The van der Waals surface area contributed by atoms with Crippen LogP contribution in [0, 0.1) is 11.8 Å². The fourth-order valence-corrected chi connectivity index (χ4v) is 4.22. The van der Waals surface area contributed by atoms with Gasteiger partial charge in [-0.05, 0) is 37.0 Å². The average Bonchev–Trinajstić information content (AvgIpc) is 2.63. The molecule has 2 aliphatic heterocycles. The maximum Gasteiger partial charge on any atom is 0.226 e. The molecule has 2 aliphatic rings. The lowest BCUT2D eigenvalue weighted by Crippen LogP contribution is -3.11. The van der Waals surface area contributed by atoms with E-state index in [-0.39, 0.29) is 11.7 Å². The summed E-state index contributed by atoms with van der Waals surface area (Å²) in [5, 5.41) is 9.71. The first kappa shape index (κ1) is 18.1. The number of nitrogens with one attached hydrogen (secondary N) is 1. The molecule has 3 rings (SSSR count). The number of rotatable bonds is 4. The number of ether oxygens (including phenoxy) is 1. The third kappa shape index (κ3) is 4.46. The number of aromatic hydroxyl groups is 1. The lowest BCUT2D eigenvalue weighted by molar-refractivity contribution is -0.919. The van der Waals surface area contributed by atoms with E-state index >= 15 is 0 Å². The van der Waals surface area contributed by atoms with Crippen molar-refractivity contribution in [3.8, 4) is 11.5 Å². The van der Waals surface area contributed by atoms with Crippen LogP contribution in [-0.2, 0) is 11.3 Å². The summed E-state index contributed by atoms with van der Waals surface area (Å²) in [6, 6.07) is 5.56. The summed E-state index contributed by atoms with van der Waals surface area (Å²) in [6.45, 7) is 7.12. The van der Waals surface area contributed by atoms with Gasteiger partial charge in [0, 0.05) is 37.4 Å². The summed E-state index contributed by atoms with van der Waals surface area (Å²) in [6.07, 6.45) is 4.37. The van der Waals surface area contributed by atoms with Gasteiger partial charge in [0.25, 0.3) is 0 Å². The van der Waals surface area contributed by atoms with E-state index in [1.165, 1.54) is 16.9 Å². The second kappa shape index (κ2) is 8.09. The minimum atomic E-state index is 0.182. The largest absolute Gasteiger partial charge is 0.504 e. The molecule has 5 nitrogen and oxygen atoms in total. The second-order valence-electron chi connectivity index (χ2n) is 7.74. The molecule has 0 saturated carbocycles. The van der Waals surface area contributed by atoms with Crippen molar-refractivity contribution in [3.63, 3.8) is 0 Å². The first-order valence-electron chi connectivity index (χ1n) is 9.55. The number of likely N-dealkylation sites (tertiary alicyclic amines) is 2. The summed E-state index contributed by atoms with van der Waals surface area (Å²) in [4.78, 5) is 16.4. The summed E-state index contributed by atoms with van der Waals surface area (Å²) >= 11 is 0. The molecule has 0 radical (unpaired) electrons. The summed E-state index contributed by atoms with van der Waals surface area (Å²) in [5.74, 6) is 1.95. The number of quaternary nitrogens is 1. The van der Waals surface area contributed by atoms with Crippen LogP contribution in [0.2, 0.25) is 0 Å². The highest BCUT2D eigenvalue weighted by atomic mass is 16.5. The Hall–Kier alpha value is -1.75. The zero-order chi connectivity index (χ0) is 17.8. The molecule has 0 unspecified atom stereocenters. The van der Waals surface area contributed by atoms with Gasteiger partial charge in [-0.3, -0.25) is 4.79 Å². The molecule has 25 heavy (non-hydrogen) atoms. The molecule has 5 heteroatoms. The van der Waals surface area contributed by atoms with Crippen LogP contribution in [0.3, 0.4) is 0 Å². The number of nitrogens with zero attached hydrogens (tertiary/aromatic N) is 1. The van der Waals surface area contributed by atoms with Crippen LogP contribution in [0.15, 0.2) is 18.2 Å². The molecule has 2 saturated heterocycles. The third-order valence-electron chi connectivity index (χ3n) is 5.71. The van der Waals surface area contributed by atoms with E-state index in [2.05, 4.69) is 11.8 Å². The van der Waals surface area contributed by atoms with E-state index < -0.39 is 0 Å². The van der Waals surface area contributed by atoms with Crippen molar-refractivity contribution in [2.24, 2.45) is 11.8 Å². The third-order valence-corrected chi connectivity index (χ3v) is 5.71. The smallest absolute Gasteiger partial charge is 0.226 e. The van der Waals surface area contributed by atoms with Gasteiger partial charge in [-0.25, -0.2) is 0 Å². The Morgan fingerprint density at radius 2 is 2.08 bits per heavy atom. The van der Waals surface area contributed by atoms with Crippen molar-refractivity contribution in [1.82, 2.24) is 4.90 Å². The molecular formula is C20H31N2O3+. The minimum Gasteiger partial charge on any atom is -0.504 e. The average molecular weight is 347 g/mol. The van der Waals surface area contributed by atoms with Crippen molar-refractivity contribution in [3.05, 3.63) is 23.8 Å². The van der Waals surface area contributed by atoms with Crippen LogP contribution < -0.4 is 9.64 Å². The molecule has 0 bridgehead atoms. The van der Waals surface area contributed by atoms with E-state index in [1.807, 2.05) is 12.1 Å². The van der Waals surface area contributed by atoms with Crippen LogP contribution in [0.4, 0.5) is 0 Å². The number of phenols is 1. The van der Waals surface area contributed by atoms with Gasteiger partial charge in [0.1, 0.15) is 6.54 Å². The first-order chi connectivity index (χ1) is 12.1. The Bertz CT molecular complexity index is 597. The topological polar surface area (TPSA) is 54.2 Å². The van der Waals surface area contributed by atoms with Crippen LogP contribution in [0.5, 0.6) is 11.5 Å². The number of methoxy groups -OCH3 is 1. The Kier molecular flexibility index (Phi) is 5.84. The van der Waals surface area contributed by atoms with Gasteiger partial charge in [0.15, 0.2) is 11.5 Å². The Morgan fingerprint density at radius 3 is 2.76 bits per heavy atom. The number of carbonyl (C=O) groups excluding carboxylic acids is 1. The van der Waals surface area contributed by atoms with Gasteiger partial charge in [-0.15, -0.1) is 0 Å². The van der Waals surface area contributed by atoms with Gasteiger partial charge >= 0.3 is 0 Å². The molecule has 138 valence electrons. The lowest BCUT2D eigenvalue weighted by Gasteiger charge is -2.36. The molecular weight excluding hydrogens is 316 g/mol. The van der Waals surface area contributed by atoms with Crippen molar-refractivity contribution < 1.29 is 19.5 Å². The van der Waals surface area contributed by atoms with Crippen LogP contribution in [0.25, 0.3) is 0 Å². The van der Waals surface area contributed by atoms with Crippen molar-refractivity contribution in [2.75, 3.05) is 33.3 Å². The molecule has 2 heterocycles. The molecule has 2 fully saturated rings. The maximum atomic E-state index is 12.8. The Labute approximate surface area is 150 Å². The van der Waals surface area contributed by atoms with E-state index in [4.69, 9.17) is 4.74 Å². The van der Waals surface area contributed by atoms with Gasteiger partial charge in [0.05, 0.1) is 20.2 Å². The number of benzene rings is 1. The molecule has 1 amide bonds. The second-order valence-corrected chi connectivity index (χ2v) is 7.74. The number of carbonyl (C=O) groups is 1. The highest BCUT2D eigenvalue weighted by molar-refractivity contribution is 5.79. The van der Waals surface area contributed by atoms with Crippen LogP contribution in [0.1, 0.15) is 38.2 Å². The van der Waals surface area contributed by atoms with Crippen LogP contribution in [-0.4, -0.2) is 49.2 Å². The van der Waals surface area contributed by atoms with E-state index in [0.717, 1.165) is 52.0 Å². The van der Waals surface area contributed by atoms with Crippen molar-refractivity contribution in [1.29, 1.82) is 0 Å². The number of amides is 1. The van der Waals surface area contributed by atoms with Gasteiger partial charge in [-0.2, -0.15) is 0 Å². The van der Waals surface area contributed by atoms with E-state index in [0.29, 0.717) is 17.6 Å². The minimum absolute atomic E-state index is 0.182. The van der Waals surface area contributed by atoms with Gasteiger partial charge in [-0.1, -0.05) is 6.92 Å². The van der Waals surface area contributed by atoms with Gasteiger partial charge in [0.2, 0.25) is 5.91 Å². The molecule has 2 N–H and O–H groups in total. The SMILES string of the molecule is COc1cc(C[NH+]2CCC(C(=O)N3CCC[C@H](C)C3)CC2)ccc1O. The molecule has 0 aliphatic carbocycles. The highest BCUT2D eigenvalue weighted by Gasteiger charge is 2.32. The number of hydrogen-bond acceptors (Lipinski definition) is 3.